The number of carbonyl (C=O) groups excluding carboxylic acids is 1. The van der Waals surface area contributed by atoms with E-state index in [0.29, 0.717) is 5.89 Å². The summed E-state index contributed by atoms with van der Waals surface area (Å²) in [6, 6.07) is 11.2. The van der Waals surface area contributed by atoms with Gasteiger partial charge in [0, 0.05) is 12.5 Å². The molecule has 0 saturated carbocycles. The van der Waals surface area contributed by atoms with Gasteiger partial charge in [-0.3, -0.25) is 4.79 Å². The summed E-state index contributed by atoms with van der Waals surface area (Å²) >= 11 is 0. The number of aromatic nitrogens is 2. The van der Waals surface area contributed by atoms with E-state index in [1.54, 1.807) is 31.2 Å². The van der Waals surface area contributed by atoms with Gasteiger partial charge in [-0.15, -0.1) is 10.2 Å². The lowest BCUT2D eigenvalue weighted by Crippen LogP contribution is -2.29. The number of aryl methyl sites for hydroxylation is 1. The molecule has 0 spiro atoms. The number of benzene rings is 2. The summed E-state index contributed by atoms with van der Waals surface area (Å²) in [5.41, 5.74) is 0.711. The van der Waals surface area contributed by atoms with Gasteiger partial charge in [0.25, 0.3) is 5.91 Å². The van der Waals surface area contributed by atoms with Crippen LogP contribution in [0.1, 0.15) is 33.7 Å². The molecule has 1 atom stereocenters. The molecular weight excluding hydrogens is 316 g/mol. The Morgan fingerprint density at radius 2 is 1.83 bits per heavy atom. The summed E-state index contributed by atoms with van der Waals surface area (Å²) in [5.74, 6) is -2.13. The van der Waals surface area contributed by atoms with Gasteiger partial charge in [-0.1, -0.05) is 30.3 Å². The summed E-state index contributed by atoms with van der Waals surface area (Å²) in [4.78, 5) is 12.4. The first-order valence-electron chi connectivity index (χ1n) is 7.15. The Kier molecular flexibility index (Phi) is 4.33. The van der Waals surface area contributed by atoms with E-state index in [0.717, 1.165) is 17.7 Å². The first-order valence-corrected chi connectivity index (χ1v) is 7.15. The molecule has 1 aromatic heterocycles. The number of hydrogen-bond donors (Lipinski definition) is 1. The minimum Gasteiger partial charge on any atom is -0.423 e. The smallest absolute Gasteiger partial charge is 0.252 e. The van der Waals surface area contributed by atoms with Crippen LogP contribution < -0.4 is 5.32 Å². The van der Waals surface area contributed by atoms with E-state index in [4.69, 9.17) is 4.42 Å². The fourth-order valence-electron chi connectivity index (χ4n) is 2.21. The highest BCUT2D eigenvalue weighted by atomic mass is 19.2. The molecule has 3 aromatic rings. The summed E-state index contributed by atoms with van der Waals surface area (Å²) in [5, 5.41) is 10.4. The highest BCUT2D eigenvalue weighted by Crippen LogP contribution is 2.21. The quantitative estimate of drug-likeness (QED) is 0.798. The van der Waals surface area contributed by atoms with Crippen LogP contribution in [0.5, 0.6) is 0 Å². The van der Waals surface area contributed by atoms with Crippen LogP contribution in [0.15, 0.2) is 52.9 Å². The van der Waals surface area contributed by atoms with Gasteiger partial charge in [0.2, 0.25) is 11.8 Å². The third-order valence-corrected chi connectivity index (χ3v) is 3.38. The predicted octanol–water partition coefficient (Wildman–Crippen LogP) is 3.18. The van der Waals surface area contributed by atoms with Crippen LogP contribution in [0.3, 0.4) is 0 Å². The van der Waals surface area contributed by atoms with Crippen molar-refractivity contribution in [1.29, 1.82) is 0 Å². The van der Waals surface area contributed by atoms with Gasteiger partial charge >= 0.3 is 0 Å². The van der Waals surface area contributed by atoms with Crippen molar-refractivity contribution in [2.75, 3.05) is 0 Å². The van der Waals surface area contributed by atoms with Crippen molar-refractivity contribution in [2.24, 2.45) is 0 Å². The van der Waals surface area contributed by atoms with E-state index in [-0.39, 0.29) is 11.5 Å². The number of hydrogen-bond acceptors (Lipinski definition) is 4. The molecule has 0 fully saturated rings. The van der Waals surface area contributed by atoms with Crippen molar-refractivity contribution in [3.05, 3.63) is 83.1 Å². The Hall–Kier alpha value is -3.09. The lowest BCUT2D eigenvalue weighted by Gasteiger charge is -2.15. The lowest BCUT2D eigenvalue weighted by atomic mass is 10.1. The molecule has 1 amide bonds. The normalized spacial score (nSPS) is 12.0. The second-order valence-electron chi connectivity index (χ2n) is 5.11. The van der Waals surface area contributed by atoms with Gasteiger partial charge in [-0.2, -0.15) is 0 Å². The molecule has 122 valence electrons. The third-order valence-electron chi connectivity index (χ3n) is 3.38. The molecule has 0 aliphatic rings. The zero-order chi connectivity index (χ0) is 17.1. The third kappa shape index (κ3) is 3.29. The van der Waals surface area contributed by atoms with Crippen LogP contribution in [0.4, 0.5) is 8.78 Å². The Bertz CT molecular complexity index is 865. The van der Waals surface area contributed by atoms with Crippen LogP contribution >= 0.6 is 0 Å². The number of halogens is 2. The van der Waals surface area contributed by atoms with Crippen molar-refractivity contribution < 1.29 is 18.0 Å². The van der Waals surface area contributed by atoms with Crippen molar-refractivity contribution in [3.8, 4) is 0 Å². The van der Waals surface area contributed by atoms with Crippen LogP contribution in [0, 0.1) is 18.6 Å². The SMILES string of the molecule is Cc1nnc(C(NC(=O)c2ccc(F)c(F)c2)c2ccccc2)o1. The Morgan fingerprint density at radius 1 is 1.08 bits per heavy atom. The fourth-order valence-corrected chi connectivity index (χ4v) is 2.21. The van der Waals surface area contributed by atoms with E-state index in [1.165, 1.54) is 6.07 Å². The molecule has 0 saturated heterocycles. The van der Waals surface area contributed by atoms with Crippen LogP contribution in [0.2, 0.25) is 0 Å². The Labute approximate surface area is 136 Å². The molecule has 0 bridgehead atoms. The average molecular weight is 329 g/mol. The number of amides is 1. The van der Waals surface area contributed by atoms with Gasteiger partial charge in [0.15, 0.2) is 11.6 Å². The van der Waals surface area contributed by atoms with E-state index < -0.39 is 23.6 Å². The maximum atomic E-state index is 13.3. The number of rotatable bonds is 4. The van der Waals surface area contributed by atoms with Gasteiger partial charge in [-0.05, 0) is 23.8 Å². The number of nitrogens with one attached hydrogen (secondary N) is 1. The highest BCUT2D eigenvalue weighted by molar-refractivity contribution is 5.94. The predicted molar refractivity (Wildman–Crippen MR) is 81.1 cm³/mol. The Morgan fingerprint density at radius 3 is 2.46 bits per heavy atom. The van der Waals surface area contributed by atoms with E-state index in [2.05, 4.69) is 15.5 Å². The molecule has 0 radical (unpaired) electrons. The molecule has 1 heterocycles. The molecule has 0 aliphatic carbocycles. The monoisotopic (exact) mass is 329 g/mol. The maximum Gasteiger partial charge on any atom is 0.252 e. The molecule has 2 aromatic carbocycles. The second-order valence-corrected chi connectivity index (χ2v) is 5.11. The Balaban J connectivity index is 1.91. The molecule has 1 N–H and O–H groups in total. The van der Waals surface area contributed by atoms with Gasteiger partial charge < -0.3 is 9.73 Å². The molecular formula is C17H13F2N3O2. The van der Waals surface area contributed by atoms with Gasteiger partial charge in [0.05, 0.1) is 0 Å². The zero-order valence-corrected chi connectivity index (χ0v) is 12.7. The zero-order valence-electron chi connectivity index (χ0n) is 12.7. The largest absolute Gasteiger partial charge is 0.423 e. The number of carbonyl (C=O) groups is 1. The van der Waals surface area contributed by atoms with Crippen molar-refractivity contribution in [1.82, 2.24) is 15.5 Å². The minimum atomic E-state index is -1.09. The fraction of sp³-hybridized carbons (Fsp3) is 0.118. The molecule has 7 heteroatoms. The van der Waals surface area contributed by atoms with E-state index in [9.17, 15) is 13.6 Å². The topological polar surface area (TPSA) is 68.0 Å². The van der Waals surface area contributed by atoms with Gasteiger partial charge in [-0.25, -0.2) is 8.78 Å². The first kappa shape index (κ1) is 15.8. The van der Waals surface area contributed by atoms with Crippen LogP contribution in [0.25, 0.3) is 0 Å². The van der Waals surface area contributed by atoms with Crippen molar-refractivity contribution in [3.63, 3.8) is 0 Å². The standard InChI is InChI=1S/C17H13F2N3O2/c1-10-21-22-17(24-10)15(11-5-3-2-4-6-11)20-16(23)12-7-8-13(18)14(19)9-12/h2-9,15H,1H3,(H,20,23). The molecule has 3 rings (SSSR count). The average Bonchev–Trinajstić information content (AvgIpc) is 3.02. The highest BCUT2D eigenvalue weighted by Gasteiger charge is 2.23. The summed E-state index contributed by atoms with van der Waals surface area (Å²) in [6.45, 7) is 1.63. The van der Waals surface area contributed by atoms with E-state index in [1.807, 2.05) is 6.07 Å². The molecule has 24 heavy (non-hydrogen) atoms. The van der Waals surface area contributed by atoms with Crippen LogP contribution in [-0.2, 0) is 0 Å². The molecule has 5 nitrogen and oxygen atoms in total. The minimum absolute atomic E-state index is 0.00827. The van der Waals surface area contributed by atoms with Crippen molar-refractivity contribution >= 4 is 5.91 Å². The number of nitrogens with zero attached hydrogens (tertiary/aromatic N) is 2. The van der Waals surface area contributed by atoms with E-state index >= 15 is 0 Å². The summed E-state index contributed by atoms with van der Waals surface area (Å²) < 4.78 is 31.8. The summed E-state index contributed by atoms with van der Waals surface area (Å²) in [7, 11) is 0. The first-order chi connectivity index (χ1) is 11.5. The lowest BCUT2D eigenvalue weighted by molar-refractivity contribution is 0.0937. The molecule has 1 unspecified atom stereocenters. The summed E-state index contributed by atoms with van der Waals surface area (Å²) in [6.07, 6.45) is 0. The van der Waals surface area contributed by atoms with Crippen LogP contribution in [-0.4, -0.2) is 16.1 Å². The maximum absolute atomic E-state index is 13.3. The van der Waals surface area contributed by atoms with Gasteiger partial charge in [0.1, 0.15) is 6.04 Å². The van der Waals surface area contributed by atoms with Crippen molar-refractivity contribution in [2.45, 2.75) is 13.0 Å². The second kappa shape index (κ2) is 6.57. The molecule has 0 aliphatic heterocycles.